The standard InChI is InChI=1S/C16H22N4O3S2/c1-5-7(2)6-10-8(3)24-14-11(10)13(22)19-16(20-14)25-9(4)12(21)18-15(17)23/h7,9H,5-6H2,1-4H3,(H,19,20,22)(H3,17,18,21,23)/t7-,9-/m0/s1. The Labute approximate surface area is 153 Å². The van der Waals surface area contributed by atoms with Crippen LogP contribution in [0, 0.1) is 12.8 Å². The van der Waals surface area contributed by atoms with Gasteiger partial charge in [0.2, 0.25) is 5.91 Å². The number of carbonyl (C=O) groups is 2. The van der Waals surface area contributed by atoms with E-state index in [0.717, 1.165) is 35.0 Å². The Morgan fingerprint density at radius 2 is 2.08 bits per heavy atom. The van der Waals surface area contributed by atoms with Crippen molar-refractivity contribution in [1.29, 1.82) is 0 Å². The number of carbonyl (C=O) groups excluding carboxylic acids is 2. The summed E-state index contributed by atoms with van der Waals surface area (Å²) < 4.78 is 0. The van der Waals surface area contributed by atoms with Gasteiger partial charge in [0.05, 0.1) is 10.6 Å². The zero-order valence-electron chi connectivity index (χ0n) is 14.6. The largest absolute Gasteiger partial charge is 0.351 e. The number of thiophene rings is 1. The van der Waals surface area contributed by atoms with E-state index in [1.807, 2.05) is 12.2 Å². The number of aromatic amines is 1. The van der Waals surface area contributed by atoms with E-state index in [2.05, 4.69) is 23.8 Å². The van der Waals surface area contributed by atoms with E-state index in [1.54, 1.807) is 6.92 Å². The molecule has 0 aliphatic heterocycles. The Hall–Kier alpha value is -1.87. The lowest BCUT2D eigenvalue weighted by Gasteiger charge is -2.10. The molecule has 7 nitrogen and oxygen atoms in total. The molecule has 0 aromatic carbocycles. The summed E-state index contributed by atoms with van der Waals surface area (Å²) in [5, 5.41) is 2.39. The minimum Gasteiger partial charge on any atom is -0.351 e. The molecule has 0 radical (unpaired) electrons. The molecule has 9 heteroatoms. The van der Waals surface area contributed by atoms with Gasteiger partial charge in [0.25, 0.3) is 5.56 Å². The SMILES string of the molecule is CC[C@H](C)Cc1c(C)sc2nc(S[C@@H](C)C(=O)NC(N)=O)[nH]c(=O)c12. The van der Waals surface area contributed by atoms with Gasteiger partial charge in [0.1, 0.15) is 4.83 Å². The van der Waals surface area contributed by atoms with Crippen LogP contribution in [0.3, 0.4) is 0 Å². The number of amides is 3. The van der Waals surface area contributed by atoms with Crippen molar-refractivity contribution in [3.8, 4) is 0 Å². The van der Waals surface area contributed by atoms with E-state index in [1.165, 1.54) is 11.3 Å². The highest BCUT2D eigenvalue weighted by molar-refractivity contribution is 8.00. The van der Waals surface area contributed by atoms with Crippen LogP contribution in [0.5, 0.6) is 0 Å². The average molecular weight is 383 g/mol. The van der Waals surface area contributed by atoms with Crippen LogP contribution in [0.1, 0.15) is 37.6 Å². The third-order valence-corrected chi connectivity index (χ3v) is 6.02. The number of imide groups is 1. The van der Waals surface area contributed by atoms with Crippen LogP contribution in [0.4, 0.5) is 4.79 Å². The number of primary amides is 1. The van der Waals surface area contributed by atoms with Crippen LogP contribution in [0.2, 0.25) is 0 Å². The number of nitrogens with zero attached hydrogens (tertiary/aromatic N) is 1. The van der Waals surface area contributed by atoms with Crippen molar-refractivity contribution >= 4 is 45.3 Å². The number of hydrogen-bond acceptors (Lipinski definition) is 6. The van der Waals surface area contributed by atoms with Crippen molar-refractivity contribution in [3.63, 3.8) is 0 Å². The first-order valence-electron chi connectivity index (χ1n) is 8.02. The van der Waals surface area contributed by atoms with Crippen LogP contribution in [-0.2, 0) is 11.2 Å². The first kappa shape index (κ1) is 19.5. The van der Waals surface area contributed by atoms with E-state index < -0.39 is 17.2 Å². The van der Waals surface area contributed by atoms with Gasteiger partial charge in [0, 0.05) is 4.88 Å². The van der Waals surface area contributed by atoms with Crippen LogP contribution >= 0.6 is 23.1 Å². The molecule has 0 unspecified atom stereocenters. The molecule has 2 atom stereocenters. The number of aromatic nitrogens is 2. The number of rotatable bonds is 6. The Kier molecular flexibility index (Phi) is 6.23. The predicted molar refractivity (Wildman–Crippen MR) is 101 cm³/mol. The highest BCUT2D eigenvalue weighted by Crippen LogP contribution is 2.31. The van der Waals surface area contributed by atoms with Gasteiger partial charge in [-0.05, 0) is 31.7 Å². The maximum atomic E-state index is 12.6. The molecule has 4 N–H and O–H groups in total. The zero-order chi connectivity index (χ0) is 18.7. The normalized spacial score (nSPS) is 13.6. The third kappa shape index (κ3) is 4.60. The van der Waals surface area contributed by atoms with E-state index in [0.29, 0.717) is 21.3 Å². The maximum Gasteiger partial charge on any atom is 0.318 e. The second-order valence-electron chi connectivity index (χ2n) is 6.02. The van der Waals surface area contributed by atoms with Crippen molar-refractivity contribution in [1.82, 2.24) is 15.3 Å². The topological polar surface area (TPSA) is 118 Å². The van der Waals surface area contributed by atoms with Crippen molar-refractivity contribution in [2.75, 3.05) is 0 Å². The van der Waals surface area contributed by atoms with Crippen LogP contribution in [0.25, 0.3) is 10.2 Å². The van der Waals surface area contributed by atoms with E-state index >= 15 is 0 Å². The molecule has 0 aliphatic carbocycles. The second-order valence-corrected chi connectivity index (χ2v) is 8.55. The van der Waals surface area contributed by atoms with Crippen molar-refractivity contribution in [2.24, 2.45) is 11.7 Å². The van der Waals surface area contributed by atoms with E-state index in [9.17, 15) is 14.4 Å². The first-order valence-corrected chi connectivity index (χ1v) is 9.71. The molecule has 0 aliphatic rings. The molecule has 136 valence electrons. The molecular formula is C16H22N4O3S2. The summed E-state index contributed by atoms with van der Waals surface area (Å²) in [5.41, 5.74) is 5.80. The molecular weight excluding hydrogens is 360 g/mol. The fourth-order valence-corrected chi connectivity index (χ4v) is 4.30. The van der Waals surface area contributed by atoms with E-state index in [-0.39, 0.29) is 5.56 Å². The van der Waals surface area contributed by atoms with Gasteiger partial charge < -0.3 is 10.7 Å². The zero-order valence-corrected chi connectivity index (χ0v) is 16.3. The monoisotopic (exact) mass is 382 g/mol. The lowest BCUT2D eigenvalue weighted by Crippen LogP contribution is -2.39. The Morgan fingerprint density at radius 1 is 1.40 bits per heavy atom. The summed E-state index contributed by atoms with van der Waals surface area (Å²) in [6.07, 6.45) is 1.89. The Balaban J connectivity index is 2.32. The summed E-state index contributed by atoms with van der Waals surface area (Å²) in [6, 6.07) is -0.905. The minimum atomic E-state index is -0.905. The number of fused-ring (bicyclic) bond motifs is 1. The molecule has 3 amide bonds. The number of H-pyrrole nitrogens is 1. The second kappa shape index (κ2) is 8.01. The van der Waals surface area contributed by atoms with Gasteiger partial charge in [-0.3, -0.25) is 14.9 Å². The molecule has 0 saturated heterocycles. The molecule has 2 rings (SSSR count). The van der Waals surface area contributed by atoms with Crippen LogP contribution in [-0.4, -0.2) is 27.2 Å². The number of aryl methyl sites for hydroxylation is 1. The minimum absolute atomic E-state index is 0.197. The van der Waals surface area contributed by atoms with Gasteiger partial charge in [-0.2, -0.15) is 0 Å². The highest BCUT2D eigenvalue weighted by atomic mass is 32.2. The van der Waals surface area contributed by atoms with E-state index in [4.69, 9.17) is 5.73 Å². The van der Waals surface area contributed by atoms with Gasteiger partial charge in [0.15, 0.2) is 5.16 Å². The van der Waals surface area contributed by atoms with Gasteiger partial charge >= 0.3 is 6.03 Å². The van der Waals surface area contributed by atoms with Gasteiger partial charge in [-0.25, -0.2) is 9.78 Å². The summed E-state index contributed by atoms with van der Waals surface area (Å²) in [7, 11) is 0. The summed E-state index contributed by atoms with van der Waals surface area (Å²) >= 11 is 2.56. The third-order valence-electron chi connectivity index (χ3n) is 3.99. The number of urea groups is 1. The lowest BCUT2D eigenvalue weighted by atomic mass is 9.98. The summed E-state index contributed by atoms with van der Waals surface area (Å²) in [5.74, 6) is -0.0393. The molecule has 0 bridgehead atoms. The molecule has 2 heterocycles. The maximum absolute atomic E-state index is 12.6. The number of hydrogen-bond donors (Lipinski definition) is 3. The molecule has 2 aromatic heterocycles. The lowest BCUT2D eigenvalue weighted by molar-refractivity contribution is -0.119. The van der Waals surface area contributed by atoms with Crippen molar-refractivity contribution in [3.05, 3.63) is 20.8 Å². The number of nitrogens with one attached hydrogen (secondary N) is 2. The Bertz CT molecular complexity index is 859. The molecule has 0 saturated carbocycles. The molecule has 25 heavy (non-hydrogen) atoms. The fourth-order valence-electron chi connectivity index (χ4n) is 2.39. The average Bonchev–Trinajstić information content (AvgIpc) is 2.82. The number of nitrogens with two attached hydrogens (primary N) is 1. The quantitative estimate of drug-likeness (QED) is 0.524. The fraction of sp³-hybridized carbons (Fsp3) is 0.500. The predicted octanol–water partition coefficient (Wildman–Crippen LogP) is 2.56. The number of thioether (sulfide) groups is 1. The van der Waals surface area contributed by atoms with Crippen molar-refractivity contribution in [2.45, 2.75) is 50.9 Å². The molecule has 2 aromatic rings. The van der Waals surface area contributed by atoms with Crippen molar-refractivity contribution < 1.29 is 9.59 Å². The Morgan fingerprint density at radius 3 is 2.68 bits per heavy atom. The molecule has 0 spiro atoms. The molecule has 0 fully saturated rings. The van der Waals surface area contributed by atoms with Gasteiger partial charge in [-0.15, -0.1) is 11.3 Å². The van der Waals surface area contributed by atoms with Crippen LogP contribution < -0.4 is 16.6 Å². The summed E-state index contributed by atoms with van der Waals surface area (Å²) in [4.78, 5) is 44.1. The first-order chi connectivity index (χ1) is 11.7. The smallest absolute Gasteiger partial charge is 0.318 e. The van der Waals surface area contributed by atoms with Gasteiger partial charge in [-0.1, -0.05) is 32.0 Å². The van der Waals surface area contributed by atoms with Crippen LogP contribution in [0.15, 0.2) is 9.95 Å². The summed E-state index contributed by atoms with van der Waals surface area (Å²) in [6.45, 7) is 7.90. The highest BCUT2D eigenvalue weighted by Gasteiger charge is 2.20.